The Morgan fingerprint density at radius 1 is 1.41 bits per heavy atom. The number of aliphatic imine (C=N–C) groups is 1. The normalized spacial score (nSPS) is 14.8. The maximum Gasteiger partial charge on any atom is 0.191 e. The lowest BCUT2D eigenvalue weighted by atomic mass is 10.3. The molecule has 0 fully saturated rings. The SMILES string of the molecule is Clc1ccccc1OCCNC1=NCCCN1. The quantitative estimate of drug-likeness (QED) is 0.803. The van der Waals surface area contributed by atoms with E-state index in [0.29, 0.717) is 18.2 Å². The Morgan fingerprint density at radius 3 is 3.06 bits per heavy atom. The molecular weight excluding hydrogens is 238 g/mol. The third-order valence-electron chi connectivity index (χ3n) is 2.39. The summed E-state index contributed by atoms with van der Waals surface area (Å²) >= 11 is 5.97. The van der Waals surface area contributed by atoms with E-state index in [1.807, 2.05) is 24.3 Å². The van der Waals surface area contributed by atoms with E-state index < -0.39 is 0 Å². The van der Waals surface area contributed by atoms with Crippen molar-refractivity contribution in [2.75, 3.05) is 26.2 Å². The first kappa shape index (κ1) is 12.0. The third-order valence-corrected chi connectivity index (χ3v) is 2.70. The van der Waals surface area contributed by atoms with Gasteiger partial charge in [-0.25, -0.2) is 0 Å². The smallest absolute Gasteiger partial charge is 0.191 e. The average Bonchev–Trinajstić information content (AvgIpc) is 2.38. The van der Waals surface area contributed by atoms with Gasteiger partial charge >= 0.3 is 0 Å². The molecule has 1 aliphatic rings. The van der Waals surface area contributed by atoms with Crippen LogP contribution in [-0.4, -0.2) is 32.2 Å². The van der Waals surface area contributed by atoms with E-state index in [1.54, 1.807) is 0 Å². The van der Waals surface area contributed by atoms with E-state index in [-0.39, 0.29) is 0 Å². The minimum absolute atomic E-state index is 0.560. The van der Waals surface area contributed by atoms with Gasteiger partial charge in [0.1, 0.15) is 12.4 Å². The summed E-state index contributed by atoms with van der Waals surface area (Å²) in [6, 6.07) is 7.46. The molecule has 2 N–H and O–H groups in total. The van der Waals surface area contributed by atoms with Crippen LogP contribution in [0, 0.1) is 0 Å². The van der Waals surface area contributed by atoms with E-state index in [0.717, 1.165) is 31.2 Å². The van der Waals surface area contributed by atoms with Crippen molar-refractivity contribution < 1.29 is 4.74 Å². The van der Waals surface area contributed by atoms with Gasteiger partial charge in [-0.3, -0.25) is 4.99 Å². The van der Waals surface area contributed by atoms with Gasteiger partial charge in [0.15, 0.2) is 5.96 Å². The van der Waals surface area contributed by atoms with Gasteiger partial charge < -0.3 is 15.4 Å². The first-order chi connectivity index (χ1) is 8.36. The molecule has 4 nitrogen and oxygen atoms in total. The second-order valence-electron chi connectivity index (χ2n) is 3.72. The molecule has 5 heteroatoms. The predicted molar refractivity (Wildman–Crippen MR) is 69.9 cm³/mol. The van der Waals surface area contributed by atoms with Gasteiger partial charge in [-0.2, -0.15) is 0 Å². The second-order valence-corrected chi connectivity index (χ2v) is 4.12. The van der Waals surface area contributed by atoms with Gasteiger partial charge in [0.25, 0.3) is 0 Å². The van der Waals surface area contributed by atoms with Crippen LogP contribution in [0.25, 0.3) is 0 Å². The molecule has 0 aliphatic carbocycles. The molecule has 0 saturated carbocycles. The van der Waals surface area contributed by atoms with Crippen LogP contribution in [0.1, 0.15) is 6.42 Å². The molecular formula is C12H16ClN3O. The number of benzene rings is 1. The van der Waals surface area contributed by atoms with Gasteiger partial charge in [-0.05, 0) is 18.6 Å². The van der Waals surface area contributed by atoms with Gasteiger partial charge in [-0.1, -0.05) is 23.7 Å². The Morgan fingerprint density at radius 2 is 2.29 bits per heavy atom. The lowest BCUT2D eigenvalue weighted by Crippen LogP contribution is -2.42. The maximum absolute atomic E-state index is 5.97. The molecule has 0 radical (unpaired) electrons. The highest BCUT2D eigenvalue weighted by Crippen LogP contribution is 2.22. The van der Waals surface area contributed by atoms with Crippen molar-refractivity contribution in [3.8, 4) is 5.75 Å². The third kappa shape index (κ3) is 3.82. The lowest BCUT2D eigenvalue weighted by Gasteiger charge is -2.16. The van der Waals surface area contributed by atoms with Crippen LogP contribution in [0.4, 0.5) is 0 Å². The summed E-state index contributed by atoms with van der Waals surface area (Å²) in [6.07, 6.45) is 1.10. The van der Waals surface area contributed by atoms with Crippen molar-refractivity contribution in [3.63, 3.8) is 0 Å². The summed E-state index contributed by atoms with van der Waals surface area (Å²) in [5.74, 6) is 1.58. The summed E-state index contributed by atoms with van der Waals surface area (Å²) in [5, 5.41) is 7.01. The monoisotopic (exact) mass is 253 g/mol. The zero-order chi connectivity index (χ0) is 11.9. The van der Waals surface area contributed by atoms with Crippen LogP contribution in [-0.2, 0) is 0 Å². The summed E-state index contributed by atoms with van der Waals surface area (Å²) in [4.78, 5) is 4.30. The molecule has 1 aliphatic heterocycles. The molecule has 0 saturated heterocycles. The molecule has 0 amide bonds. The highest BCUT2D eigenvalue weighted by molar-refractivity contribution is 6.32. The van der Waals surface area contributed by atoms with E-state index in [4.69, 9.17) is 16.3 Å². The minimum Gasteiger partial charge on any atom is -0.490 e. The van der Waals surface area contributed by atoms with Gasteiger partial charge in [0.05, 0.1) is 11.6 Å². The molecule has 0 atom stereocenters. The summed E-state index contributed by atoms with van der Waals surface area (Å²) in [7, 11) is 0. The number of halogens is 1. The molecule has 17 heavy (non-hydrogen) atoms. The standard InChI is InChI=1S/C12H16ClN3O/c13-10-4-1-2-5-11(10)17-9-8-16-12-14-6-3-7-15-12/h1-2,4-5H,3,6-9H2,(H2,14,15,16). The van der Waals surface area contributed by atoms with Crippen molar-refractivity contribution >= 4 is 17.6 Å². The molecule has 0 aromatic heterocycles. The first-order valence-corrected chi connectivity index (χ1v) is 6.13. The number of nitrogens with one attached hydrogen (secondary N) is 2. The topological polar surface area (TPSA) is 45.6 Å². The number of ether oxygens (including phenoxy) is 1. The van der Waals surface area contributed by atoms with Crippen molar-refractivity contribution in [1.82, 2.24) is 10.6 Å². The van der Waals surface area contributed by atoms with Crippen molar-refractivity contribution in [3.05, 3.63) is 29.3 Å². The van der Waals surface area contributed by atoms with Gasteiger partial charge in [0, 0.05) is 13.1 Å². The zero-order valence-electron chi connectivity index (χ0n) is 9.58. The number of nitrogens with zero attached hydrogens (tertiary/aromatic N) is 1. The average molecular weight is 254 g/mol. The zero-order valence-corrected chi connectivity index (χ0v) is 10.3. The fraction of sp³-hybridized carbons (Fsp3) is 0.417. The van der Waals surface area contributed by atoms with Crippen LogP contribution < -0.4 is 15.4 Å². The second kappa shape index (κ2) is 6.35. The van der Waals surface area contributed by atoms with Crippen LogP contribution >= 0.6 is 11.6 Å². The van der Waals surface area contributed by atoms with Crippen molar-refractivity contribution in [2.24, 2.45) is 4.99 Å². The highest BCUT2D eigenvalue weighted by Gasteiger charge is 2.03. The molecule has 1 heterocycles. The maximum atomic E-state index is 5.97. The van der Waals surface area contributed by atoms with Crippen molar-refractivity contribution in [2.45, 2.75) is 6.42 Å². The predicted octanol–water partition coefficient (Wildman–Crippen LogP) is 1.66. The molecule has 0 bridgehead atoms. The van der Waals surface area contributed by atoms with Crippen LogP contribution in [0.3, 0.4) is 0 Å². The number of rotatable bonds is 4. The Kier molecular flexibility index (Phi) is 4.50. The molecule has 1 aromatic carbocycles. The number of guanidine groups is 1. The Labute approximate surface area is 106 Å². The molecule has 0 spiro atoms. The largest absolute Gasteiger partial charge is 0.490 e. The van der Waals surface area contributed by atoms with Crippen molar-refractivity contribution in [1.29, 1.82) is 0 Å². The summed E-state index contributed by atoms with van der Waals surface area (Å²) < 4.78 is 5.55. The number of hydrogen-bond acceptors (Lipinski definition) is 4. The van der Waals surface area contributed by atoms with Gasteiger partial charge in [0.2, 0.25) is 0 Å². The Bertz CT molecular complexity index is 395. The van der Waals surface area contributed by atoms with E-state index >= 15 is 0 Å². The van der Waals surface area contributed by atoms with Crippen LogP contribution in [0.5, 0.6) is 5.75 Å². The van der Waals surface area contributed by atoms with E-state index in [2.05, 4.69) is 15.6 Å². The lowest BCUT2D eigenvalue weighted by molar-refractivity contribution is 0.322. The molecule has 2 rings (SSSR count). The minimum atomic E-state index is 0.560. The fourth-order valence-electron chi connectivity index (χ4n) is 1.54. The Balaban J connectivity index is 1.69. The van der Waals surface area contributed by atoms with Crippen LogP contribution in [0.15, 0.2) is 29.3 Å². The van der Waals surface area contributed by atoms with E-state index in [1.165, 1.54) is 0 Å². The number of para-hydroxylation sites is 1. The first-order valence-electron chi connectivity index (χ1n) is 5.76. The molecule has 92 valence electrons. The highest BCUT2D eigenvalue weighted by atomic mass is 35.5. The molecule has 1 aromatic rings. The van der Waals surface area contributed by atoms with E-state index in [9.17, 15) is 0 Å². The summed E-state index contributed by atoms with van der Waals surface area (Å²) in [5.41, 5.74) is 0. The fourth-order valence-corrected chi connectivity index (χ4v) is 1.73. The van der Waals surface area contributed by atoms with Crippen LogP contribution in [0.2, 0.25) is 5.02 Å². The number of hydrogen-bond donors (Lipinski definition) is 2. The molecule has 0 unspecified atom stereocenters. The summed E-state index contributed by atoms with van der Waals surface area (Å²) in [6.45, 7) is 3.14. The van der Waals surface area contributed by atoms with Gasteiger partial charge in [-0.15, -0.1) is 0 Å². The Hall–Kier alpha value is -1.42.